The summed E-state index contributed by atoms with van der Waals surface area (Å²) in [6, 6.07) is 0.283. The molecule has 1 heterocycles. The standard InChI is InChI=1S/C14H22N2O2S.BrH/c17-16(18)11-5-3-4-10(8-11)13-9-19-14-7-2-1-6-12(14)15-13;/h9-12,14-15H,1-8H2;1H. The first-order valence-corrected chi connectivity index (χ1v) is 8.44. The molecule has 0 saturated heterocycles. The number of nitrogens with one attached hydrogen (secondary N) is 1. The van der Waals surface area contributed by atoms with Crippen LogP contribution < -0.4 is 5.32 Å². The van der Waals surface area contributed by atoms with Crippen molar-refractivity contribution in [2.75, 3.05) is 0 Å². The Morgan fingerprint density at radius 2 is 2.00 bits per heavy atom. The molecular weight excluding hydrogens is 340 g/mol. The van der Waals surface area contributed by atoms with Crippen LogP contribution in [0.15, 0.2) is 11.1 Å². The molecule has 3 aliphatic rings. The summed E-state index contributed by atoms with van der Waals surface area (Å²) in [6.07, 6.45) is 8.85. The van der Waals surface area contributed by atoms with E-state index in [0.29, 0.717) is 12.0 Å². The number of hydrogen-bond donors (Lipinski definition) is 1. The molecule has 1 N–H and O–H groups in total. The number of rotatable bonds is 2. The lowest BCUT2D eigenvalue weighted by Crippen LogP contribution is -2.44. The van der Waals surface area contributed by atoms with Crippen molar-refractivity contribution in [3.63, 3.8) is 0 Å². The number of nitro groups is 1. The van der Waals surface area contributed by atoms with E-state index in [1.807, 2.05) is 11.8 Å². The lowest BCUT2D eigenvalue weighted by atomic mass is 9.83. The predicted molar refractivity (Wildman–Crippen MR) is 87.9 cm³/mol. The van der Waals surface area contributed by atoms with Gasteiger partial charge in [-0.05, 0) is 31.1 Å². The molecule has 0 amide bonds. The molecular formula is C14H23BrN2O2S. The van der Waals surface area contributed by atoms with Crippen molar-refractivity contribution < 1.29 is 4.92 Å². The van der Waals surface area contributed by atoms with Gasteiger partial charge in [-0.2, -0.15) is 0 Å². The molecule has 0 aromatic rings. The highest BCUT2D eigenvalue weighted by molar-refractivity contribution is 8.93. The Hall–Kier alpha value is -0.230. The van der Waals surface area contributed by atoms with Gasteiger partial charge < -0.3 is 5.32 Å². The highest BCUT2D eigenvalue weighted by atomic mass is 79.9. The zero-order valence-corrected chi connectivity index (χ0v) is 14.2. The second-order valence-electron chi connectivity index (χ2n) is 6.09. The number of hydrogen-bond acceptors (Lipinski definition) is 4. The average molecular weight is 363 g/mol. The third-order valence-corrected chi connectivity index (χ3v) is 6.11. The monoisotopic (exact) mass is 362 g/mol. The lowest BCUT2D eigenvalue weighted by Gasteiger charge is -2.39. The van der Waals surface area contributed by atoms with Crippen molar-refractivity contribution in [2.24, 2.45) is 5.92 Å². The minimum atomic E-state index is -0.324. The summed E-state index contributed by atoms with van der Waals surface area (Å²) in [5.74, 6) is 0.388. The van der Waals surface area contributed by atoms with E-state index in [-0.39, 0.29) is 27.9 Å². The maximum Gasteiger partial charge on any atom is 0.213 e. The average Bonchev–Trinajstić information content (AvgIpc) is 2.47. The van der Waals surface area contributed by atoms with Crippen LogP contribution >= 0.6 is 28.7 Å². The summed E-state index contributed by atoms with van der Waals surface area (Å²) in [7, 11) is 0. The highest BCUT2D eigenvalue weighted by Gasteiger charge is 2.35. The fourth-order valence-corrected chi connectivity index (χ4v) is 4.96. The van der Waals surface area contributed by atoms with E-state index in [1.54, 1.807) is 0 Å². The molecule has 114 valence electrons. The van der Waals surface area contributed by atoms with Crippen molar-refractivity contribution >= 4 is 28.7 Å². The number of allylic oxidation sites excluding steroid dienone is 1. The molecule has 1 aliphatic heterocycles. The summed E-state index contributed by atoms with van der Waals surface area (Å²) in [4.78, 5) is 10.9. The lowest BCUT2D eigenvalue weighted by molar-refractivity contribution is -0.527. The third kappa shape index (κ3) is 3.50. The van der Waals surface area contributed by atoms with E-state index >= 15 is 0 Å². The zero-order chi connectivity index (χ0) is 13.2. The Bertz CT molecular complexity index is 391. The van der Waals surface area contributed by atoms with E-state index in [2.05, 4.69) is 10.7 Å². The highest BCUT2D eigenvalue weighted by Crippen LogP contribution is 2.38. The molecule has 4 nitrogen and oxygen atoms in total. The number of nitrogens with zero attached hydrogens (tertiary/aromatic N) is 1. The minimum absolute atomic E-state index is 0. The van der Waals surface area contributed by atoms with Gasteiger partial charge in [-0.3, -0.25) is 10.1 Å². The quantitative estimate of drug-likeness (QED) is 0.597. The Morgan fingerprint density at radius 3 is 2.80 bits per heavy atom. The molecule has 2 saturated carbocycles. The molecule has 4 unspecified atom stereocenters. The molecule has 0 bridgehead atoms. The first kappa shape index (κ1) is 16.1. The SMILES string of the molecule is Br.O=[N+]([O-])C1CCCC(C2=CSC3CCCCC3N2)C1. The largest absolute Gasteiger partial charge is 0.384 e. The van der Waals surface area contributed by atoms with E-state index in [1.165, 1.54) is 31.4 Å². The van der Waals surface area contributed by atoms with Gasteiger partial charge in [0.05, 0.1) is 0 Å². The summed E-state index contributed by atoms with van der Waals surface area (Å²) in [6.45, 7) is 0. The van der Waals surface area contributed by atoms with Gasteiger partial charge in [0.25, 0.3) is 0 Å². The Balaban J connectivity index is 0.00000147. The van der Waals surface area contributed by atoms with Gasteiger partial charge >= 0.3 is 0 Å². The summed E-state index contributed by atoms with van der Waals surface area (Å²) in [5.41, 5.74) is 1.29. The normalized spacial score (nSPS) is 36.9. The molecule has 0 spiro atoms. The minimum Gasteiger partial charge on any atom is -0.384 e. The molecule has 0 aromatic carbocycles. The third-order valence-electron chi connectivity index (χ3n) is 4.81. The van der Waals surface area contributed by atoms with Crippen LogP contribution in [0.3, 0.4) is 0 Å². The number of thioether (sulfide) groups is 1. The topological polar surface area (TPSA) is 55.2 Å². The van der Waals surface area contributed by atoms with Gasteiger partial charge in [0.1, 0.15) is 0 Å². The maximum atomic E-state index is 11.0. The van der Waals surface area contributed by atoms with Gasteiger partial charge in [0, 0.05) is 40.7 Å². The van der Waals surface area contributed by atoms with E-state index in [9.17, 15) is 10.1 Å². The number of fused-ring (bicyclic) bond motifs is 1. The summed E-state index contributed by atoms with van der Waals surface area (Å²) >= 11 is 1.96. The second kappa shape index (κ2) is 7.16. The van der Waals surface area contributed by atoms with E-state index in [4.69, 9.17) is 0 Å². The Labute approximate surface area is 135 Å². The molecule has 4 atom stereocenters. The smallest absolute Gasteiger partial charge is 0.213 e. The Kier molecular flexibility index (Phi) is 5.78. The molecule has 2 aliphatic carbocycles. The van der Waals surface area contributed by atoms with Gasteiger partial charge in [-0.15, -0.1) is 28.7 Å². The molecule has 0 aromatic heterocycles. The summed E-state index contributed by atoms with van der Waals surface area (Å²) in [5, 5.41) is 17.7. The van der Waals surface area contributed by atoms with Crippen LogP contribution in [0.5, 0.6) is 0 Å². The van der Waals surface area contributed by atoms with Gasteiger partial charge in [-0.25, -0.2) is 0 Å². The first-order chi connectivity index (χ1) is 9.24. The molecule has 20 heavy (non-hydrogen) atoms. The second-order valence-corrected chi connectivity index (χ2v) is 7.20. The van der Waals surface area contributed by atoms with Gasteiger partial charge in [-0.1, -0.05) is 12.8 Å². The first-order valence-electron chi connectivity index (χ1n) is 7.49. The van der Waals surface area contributed by atoms with Crippen molar-refractivity contribution in [3.05, 3.63) is 21.2 Å². The van der Waals surface area contributed by atoms with Crippen LogP contribution in [0.4, 0.5) is 0 Å². The van der Waals surface area contributed by atoms with Crippen molar-refractivity contribution in [1.82, 2.24) is 5.32 Å². The molecule has 2 fully saturated rings. The summed E-state index contributed by atoms with van der Waals surface area (Å²) < 4.78 is 0. The van der Waals surface area contributed by atoms with Crippen molar-refractivity contribution in [1.29, 1.82) is 0 Å². The van der Waals surface area contributed by atoms with Crippen LogP contribution in [-0.4, -0.2) is 22.3 Å². The Morgan fingerprint density at radius 1 is 1.20 bits per heavy atom. The fourth-order valence-electron chi connectivity index (χ4n) is 3.69. The van der Waals surface area contributed by atoms with Crippen molar-refractivity contribution in [3.8, 4) is 0 Å². The van der Waals surface area contributed by atoms with E-state index < -0.39 is 0 Å². The zero-order valence-electron chi connectivity index (χ0n) is 11.6. The van der Waals surface area contributed by atoms with E-state index in [0.717, 1.165) is 30.9 Å². The van der Waals surface area contributed by atoms with Crippen molar-refractivity contribution in [2.45, 2.75) is 68.7 Å². The molecule has 6 heteroatoms. The van der Waals surface area contributed by atoms with Crippen LogP contribution in [0, 0.1) is 16.0 Å². The predicted octanol–water partition coefficient (Wildman–Crippen LogP) is 3.89. The van der Waals surface area contributed by atoms with Crippen LogP contribution in [0.25, 0.3) is 0 Å². The maximum absolute atomic E-state index is 11.0. The number of halogens is 1. The fraction of sp³-hybridized carbons (Fsp3) is 0.857. The molecule has 0 radical (unpaired) electrons. The van der Waals surface area contributed by atoms with Crippen LogP contribution in [0.2, 0.25) is 0 Å². The molecule has 3 rings (SSSR count). The van der Waals surface area contributed by atoms with Crippen LogP contribution in [0.1, 0.15) is 51.4 Å². The van der Waals surface area contributed by atoms with Crippen LogP contribution in [-0.2, 0) is 0 Å². The van der Waals surface area contributed by atoms with Gasteiger partial charge in [0.15, 0.2) is 0 Å². The van der Waals surface area contributed by atoms with Gasteiger partial charge in [0.2, 0.25) is 6.04 Å².